The van der Waals surface area contributed by atoms with Crippen LogP contribution in [0.4, 0.5) is 0 Å². The largest absolute Gasteiger partial charge is 0.315 e. The van der Waals surface area contributed by atoms with Crippen LogP contribution >= 0.6 is 22.6 Å². The molecular weight excluding hydrogens is 267 g/mol. The molecule has 1 aliphatic rings. The average Bonchev–Trinajstić information content (AvgIpc) is 2.31. The maximum Gasteiger partial charge on any atom is 0.254 e. The SMILES string of the molecule is CC(C)C1(C(C)I)N=CNC1=O. The van der Waals surface area contributed by atoms with Gasteiger partial charge in [-0.05, 0) is 5.92 Å². The zero-order valence-electron chi connectivity index (χ0n) is 7.47. The highest BCUT2D eigenvalue weighted by molar-refractivity contribution is 14.1. The second-order valence-electron chi connectivity index (χ2n) is 3.33. The molecule has 0 aromatic rings. The zero-order valence-corrected chi connectivity index (χ0v) is 9.62. The summed E-state index contributed by atoms with van der Waals surface area (Å²) < 4.78 is 0.217. The maximum atomic E-state index is 11.5. The first-order chi connectivity index (χ1) is 5.51. The van der Waals surface area contributed by atoms with E-state index in [0.717, 1.165) is 0 Å². The average molecular weight is 280 g/mol. The number of halogens is 1. The molecule has 0 bridgehead atoms. The third kappa shape index (κ3) is 1.26. The van der Waals surface area contributed by atoms with Gasteiger partial charge in [-0.3, -0.25) is 9.79 Å². The lowest BCUT2D eigenvalue weighted by atomic mass is 9.84. The Hall–Kier alpha value is -0.130. The molecule has 1 heterocycles. The fourth-order valence-electron chi connectivity index (χ4n) is 1.53. The molecule has 3 nitrogen and oxygen atoms in total. The molecule has 0 aromatic carbocycles. The summed E-state index contributed by atoms with van der Waals surface area (Å²) in [5.74, 6) is 0.266. The number of nitrogens with one attached hydrogen (secondary N) is 1. The normalized spacial score (nSPS) is 30.9. The molecule has 0 aromatic heterocycles. The van der Waals surface area contributed by atoms with Crippen molar-refractivity contribution in [2.75, 3.05) is 0 Å². The van der Waals surface area contributed by atoms with E-state index in [1.54, 1.807) is 0 Å². The van der Waals surface area contributed by atoms with Gasteiger partial charge in [-0.2, -0.15) is 0 Å². The van der Waals surface area contributed by atoms with Crippen LogP contribution in [0.2, 0.25) is 0 Å². The van der Waals surface area contributed by atoms with E-state index in [-0.39, 0.29) is 15.7 Å². The topological polar surface area (TPSA) is 41.5 Å². The summed E-state index contributed by atoms with van der Waals surface area (Å²) in [5, 5.41) is 2.64. The fourth-order valence-corrected chi connectivity index (χ4v) is 2.69. The van der Waals surface area contributed by atoms with Crippen LogP contribution in [0.25, 0.3) is 0 Å². The summed E-state index contributed by atoms with van der Waals surface area (Å²) in [7, 11) is 0. The van der Waals surface area contributed by atoms with Gasteiger partial charge in [0.15, 0.2) is 5.54 Å². The van der Waals surface area contributed by atoms with Gasteiger partial charge in [-0.15, -0.1) is 0 Å². The molecule has 1 rings (SSSR count). The molecule has 0 saturated heterocycles. The van der Waals surface area contributed by atoms with Crippen LogP contribution in [0.15, 0.2) is 4.99 Å². The third-order valence-corrected chi connectivity index (χ3v) is 3.27. The minimum atomic E-state index is -0.541. The van der Waals surface area contributed by atoms with E-state index in [9.17, 15) is 4.79 Å². The van der Waals surface area contributed by atoms with Gasteiger partial charge in [-0.1, -0.05) is 43.4 Å². The lowest BCUT2D eigenvalue weighted by Gasteiger charge is -2.30. The molecule has 1 N–H and O–H groups in total. The van der Waals surface area contributed by atoms with E-state index < -0.39 is 5.54 Å². The Morgan fingerprint density at radius 1 is 1.58 bits per heavy atom. The molecule has 68 valence electrons. The van der Waals surface area contributed by atoms with Gasteiger partial charge < -0.3 is 5.32 Å². The smallest absolute Gasteiger partial charge is 0.254 e. The van der Waals surface area contributed by atoms with Crippen molar-refractivity contribution < 1.29 is 4.79 Å². The standard InChI is InChI=1S/C8H13IN2O/c1-5(2)8(6(3)9)7(12)10-4-11-8/h4-6H,1-3H3,(H,10,11,12). The molecule has 2 unspecified atom stereocenters. The lowest BCUT2D eigenvalue weighted by Crippen LogP contribution is -2.49. The van der Waals surface area contributed by atoms with Crippen LogP contribution in [-0.2, 0) is 4.79 Å². The molecular formula is C8H13IN2O. The van der Waals surface area contributed by atoms with Crippen molar-refractivity contribution in [2.45, 2.75) is 30.2 Å². The highest BCUT2D eigenvalue weighted by atomic mass is 127. The molecule has 0 fully saturated rings. The van der Waals surface area contributed by atoms with Gasteiger partial charge >= 0.3 is 0 Å². The Morgan fingerprint density at radius 2 is 2.17 bits per heavy atom. The first-order valence-electron chi connectivity index (χ1n) is 4.00. The van der Waals surface area contributed by atoms with E-state index >= 15 is 0 Å². The van der Waals surface area contributed by atoms with Crippen LogP contribution in [0.5, 0.6) is 0 Å². The van der Waals surface area contributed by atoms with Crippen molar-refractivity contribution in [3.05, 3.63) is 0 Å². The van der Waals surface area contributed by atoms with E-state index in [4.69, 9.17) is 0 Å². The van der Waals surface area contributed by atoms with E-state index in [1.165, 1.54) is 6.34 Å². The molecule has 4 heteroatoms. The summed E-state index contributed by atoms with van der Waals surface area (Å²) in [6.45, 7) is 6.07. The Morgan fingerprint density at radius 3 is 2.33 bits per heavy atom. The molecule has 1 amide bonds. The van der Waals surface area contributed by atoms with Crippen LogP contribution < -0.4 is 5.32 Å². The molecule has 12 heavy (non-hydrogen) atoms. The number of alkyl halides is 1. The zero-order chi connectivity index (χ0) is 9.35. The summed E-state index contributed by atoms with van der Waals surface area (Å²) >= 11 is 2.25. The number of amides is 1. The van der Waals surface area contributed by atoms with Gasteiger partial charge in [0.25, 0.3) is 5.91 Å². The van der Waals surface area contributed by atoms with E-state index in [2.05, 4.69) is 32.9 Å². The van der Waals surface area contributed by atoms with Gasteiger partial charge in [0.2, 0.25) is 0 Å². The van der Waals surface area contributed by atoms with Crippen LogP contribution in [0.1, 0.15) is 20.8 Å². The van der Waals surface area contributed by atoms with Crippen molar-refractivity contribution >= 4 is 34.8 Å². The number of nitrogens with zero attached hydrogens (tertiary/aromatic N) is 1. The predicted molar refractivity (Wildman–Crippen MR) is 57.7 cm³/mol. The first kappa shape index (κ1) is 9.95. The highest BCUT2D eigenvalue weighted by Crippen LogP contribution is 2.32. The van der Waals surface area contributed by atoms with Crippen LogP contribution in [0.3, 0.4) is 0 Å². The number of hydrogen-bond donors (Lipinski definition) is 1. The lowest BCUT2D eigenvalue weighted by molar-refractivity contribution is -0.124. The van der Waals surface area contributed by atoms with Crippen molar-refractivity contribution in [1.29, 1.82) is 0 Å². The third-order valence-electron chi connectivity index (χ3n) is 2.32. The van der Waals surface area contributed by atoms with Gasteiger partial charge in [0.1, 0.15) is 0 Å². The molecule has 0 spiro atoms. The van der Waals surface area contributed by atoms with Gasteiger partial charge in [0.05, 0.1) is 6.34 Å². The summed E-state index contributed by atoms with van der Waals surface area (Å²) in [6.07, 6.45) is 1.51. The quantitative estimate of drug-likeness (QED) is 0.602. The number of rotatable bonds is 2. The summed E-state index contributed by atoms with van der Waals surface area (Å²) in [6, 6.07) is 0. The molecule has 2 atom stereocenters. The molecule has 0 aliphatic carbocycles. The monoisotopic (exact) mass is 280 g/mol. The Kier molecular flexibility index (Phi) is 2.75. The number of carbonyl (C=O) groups is 1. The van der Waals surface area contributed by atoms with Crippen molar-refractivity contribution in [3.8, 4) is 0 Å². The second-order valence-corrected chi connectivity index (χ2v) is 5.20. The Balaban J connectivity index is 3.02. The number of hydrogen-bond acceptors (Lipinski definition) is 2. The number of carbonyl (C=O) groups excluding carboxylic acids is 1. The number of aliphatic imine (C=N–C) groups is 1. The fraction of sp³-hybridized carbons (Fsp3) is 0.750. The Bertz CT molecular complexity index is 215. The van der Waals surface area contributed by atoms with E-state index in [0.29, 0.717) is 0 Å². The van der Waals surface area contributed by atoms with Crippen molar-refractivity contribution in [1.82, 2.24) is 5.32 Å². The first-order valence-corrected chi connectivity index (χ1v) is 5.25. The van der Waals surface area contributed by atoms with Gasteiger partial charge in [-0.25, -0.2) is 0 Å². The highest BCUT2D eigenvalue weighted by Gasteiger charge is 2.47. The van der Waals surface area contributed by atoms with E-state index in [1.807, 2.05) is 20.8 Å². The minimum Gasteiger partial charge on any atom is -0.315 e. The molecule has 0 radical (unpaired) electrons. The maximum absolute atomic E-state index is 11.5. The minimum absolute atomic E-state index is 0.0272. The van der Waals surface area contributed by atoms with Crippen LogP contribution in [-0.4, -0.2) is 21.7 Å². The van der Waals surface area contributed by atoms with Crippen LogP contribution in [0, 0.1) is 5.92 Å². The summed E-state index contributed by atoms with van der Waals surface area (Å²) in [4.78, 5) is 15.8. The van der Waals surface area contributed by atoms with Gasteiger partial charge in [0, 0.05) is 3.92 Å². The molecule has 0 saturated carbocycles. The predicted octanol–water partition coefficient (Wildman–Crippen LogP) is 1.36. The second kappa shape index (κ2) is 3.32. The summed E-state index contributed by atoms with van der Waals surface area (Å²) in [5.41, 5.74) is -0.541. The van der Waals surface area contributed by atoms with Crippen molar-refractivity contribution in [2.24, 2.45) is 10.9 Å². The van der Waals surface area contributed by atoms with Crippen molar-refractivity contribution in [3.63, 3.8) is 0 Å². The Labute approximate surface area is 86.2 Å². The molecule has 1 aliphatic heterocycles.